The fourth-order valence-electron chi connectivity index (χ4n) is 0.993. The topological polar surface area (TPSA) is 54.4 Å². The second-order valence-corrected chi connectivity index (χ2v) is 5.53. The van der Waals surface area contributed by atoms with E-state index in [9.17, 15) is 13.5 Å². The smallest absolute Gasteiger partial charge is 0.150 e. The SMILES string of the molecule is C=CCC(O)CCCS(=O)(=O)CC. The summed E-state index contributed by atoms with van der Waals surface area (Å²) < 4.78 is 22.1. The van der Waals surface area contributed by atoms with Crippen molar-refractivity contribution in [1.29, 1.82) is 0 Å². The molecule has 0 fully saturated rings. The van der Waals surface area contributed by atoms with Crippen molar-refractivity contribution in [3.8, 4) is 0 Å². The normalized spacial score (nSPS) is 14.0. The quantitative estimate of drug-likeness (QED) is 0.635. The number of rotatable bonds is 7. The number of hydrogen-bond donors (Lipinski definition) is 1. The minimum Gasteiger partial charge on any atom is -0.393 e. The summed E-state index contributed by atoms with van der Waals surface area (Å²) in [6.07, 6.45) is 2.80. The molecule has 0 aliphatic rings. The molecule has 0 aromatic rings. The molecule has 0 amide bonds. The van der Waals surface area contributed by atoms with Gasteiger partial charge in [-0.3, -0.25) is 0 Å². The highest BCUT2D eigenvalue weighted by Crippen LogP contribution is 2.04. The van der Waals surface area contributed by atoms with Crippen molar-refractivity contribution < 1.29 is 13.5 Å². The van der Waals surface area contributed by atoms with Crippen molar-refractivity contribution in [2.75, 3.05) is 11.5 Å². The molecule has 0 aromatic heterocycles. The molecule has 0 saturated carbocycles. The monoisotopic (exact) mass is 206 g/mol. The van der Waals surface area contributed by atoms with Crippen LogP contribution in [0.25, 0.3) is 0 Å². The Bertz CT molecular complexity index is 231. The van der Waals surface area contributed by atoms with Gasteiger partial charge in [0.05, 0.1) is 11.9 Å². The summed E-state index contributed by atoms with van der Waals surface area (Å²) in [5, 5.41) is 9.25. The van der Waals surface area contributed by atoms with Gasteiger partial charge in [0.1, 0.15) is 9.84 Å². The highest BCUT2D eigenvalue weighted by Gasteiger charge is 2.08. The van der Waals surface area contributed by atoms with E-state index in [4.69, 9.17) is 0 Å². The zero-order valence-electron chi connectivity index (χ0n) is 8.07. The lowest BCUT2D eigenvalue weighted by atomic mass is 10.1. The molecule has 0 radical (unpaired) electrons. The van der Waals surface area contributed by atoms with Gasteiger partial charge in [-0.1, -0.05) is 13.0 Å². The Morgan fingerprint density at radius 1 is 1.54 bits per heavy atom. The third-order valence-electron chi connectivity index (χ3n) is 1.87. The van der Waals surface area contributed by atoms with Gasteiger partial charge < -0.3 is 5.11 Å². The molecule has 4 heteroatoms. The van der Waals surface area contributed by atoms with Gasteiger partial charge in [0.2, 0.25) is 0 Å². The molecule has 78 valence electrons. The molecule has 1 atom stereocenters. The Labute approximate surface area is 80.4 Å². The predicted octanol–water partition coefficient (Wildman–Crippen LogP) is 1.14. The highest BCUT2D eigenvalue weighted by molar-refractivity contribution is 7.91. The third kappa shape index (κ3) is 6.78. The van der Waals surface area contributed by atoms with E-state index >= 15 is 0 Å². The number of aliphatic hydroxyl groups excluding tert-OH is 1. The van der Waals surface area contributed by atoms with Crippen LogP contribution in [0.5, 0.6) is 0 Å². The highest BCUT2D eigenvalue weighted by atomic mass is 32.2. The molecule has 1 N–H and O–H groups in total. The second-order valence-electron chi connectivity index (χ2n) is 3.06. The summed E-state index contributed by atoms with van der Waals surface area (Å²) in [5.74, 6) is 0.363. The Hall–Kier alpha value is -0.350. The van der Waals surface area contributed by atoms with Gasteiger partial charge in [0.15, 0.2) is 0 Å². The minimum absolute atomic E-state index is 0.178. The zero-order valence-corrected chi connectivity index (χ0v) is 8.89. The van der Waals surface area contributed by atoms with Gasteiger partial charge in [0, 0.05) is 5.75 Å². The van der Waals surface area contributed by atoms with Crippen LogP contribution in [0.4, 0.5) is 0 Å². The van der Waals surface area contributed by atoms with Crippen LogP contribution >= 0.6 is 0 Å². The first-order valence-electron chi connectivity index (χ1n) is 4.51. The lowest BCUT2D eigenvalue weighted by Crippen LogP contribution is -2.12. The van der Waals surface area contributed by atoms with Gasteiger partial charge >= 0.3 is 0 Å². The van der Waals surface area contributed by atoms with Gasteiger partial charge in [0.25, 0.3) is 0 Å². The molecule has 0 aliphatic heterocycles. The maximum absolute atomic E-state index is 11.0. The molecule has 0 heterocycles. The summed E-state index contributed by atoms with van der Waals surface area (Å²) in [5.41, 5.74) is 0. The van der Waals surface area contributed by atoms with Crippen LogP contribution in [0.15, 0.2) is 12.7 Å². The first kappa shape index (κ1) is 12.7. The summed E-state index contributed by atoms with van der Waals surface area (Å²) >= 11 is 0. The molecular formula is C9H18O3S. The van der Waals surface area contributed by atoms with Gasteiger partial charge in [-0.25, -0.2) is 8.42 Å². The summed E-state index contributed by atoms with van der Waals surface area (Å²) in [7, 11) is -2.87. The van der Waals surface area contributed by atoms with E-state index in [2.05, 4.69) is 6.58 Å². The van der Waals surface area contributed by atoms with Gasteiger partial charge in [-0.05, 0) is 19.3 Å². The third-order valence-corrected chi connectivity index (χ3v) is 3.66. The van der Waals surface area contributed by atoms with Crippen molar-refractivity contribution in [2.24, 2.45) is 0 Å². The fraction of sp³-hybridized carbons (Fsp3) is 0.778. The molecule has 13 heavy (non-hydrogen) atoms. The standard InChI is InChI=1S/C9H18O3S/c1-3-6-9(10)7-5-8-13(11,12)4-2/h3,9-10H,1,4-8H2,2H3. The van der Waals surface area contributed by atoms with Crippen LogP contribution in [0.1, 0.15) is 26.2 Å². The molecule has 1 unspecified atom stereocenters. The van der Waals surface area contributed by atoms with Crippen LogP contribution in [0, 0.1) is 0 Å². The molecule has 3 nitrogen and oxygen atoms in total. The molecule has 0 bridgehead atoms. The number of hydrogen-bond acceptors (Lipinski definition) is 3. The maximum atomic E-state index is 11.0. The molecule has 0 saturated heterocycles. The fourth-order valence-corrected chi connectivity index (χ4v) is 1.89. The Balaban J connectivity index is 3.62. The average molecular weight is 206 g/mol. The Morgan fingerprint density at radius 2 is 2.15 bits per heavy atom. The van der Waals surface area contributed by atoms with Crippen molar-refractivity contribution in [3.63, 3.8) is 0 Å². The molecule has 0 aliphatic carbocycles. The van der Waals surface area contributed by atoms with E-state index in [1.807, 2.05) is 0 Å². The maximum Gasteiger partial charge on any atom is 0.150 e. The zero-order chi connectivity index (χ0) is 10.3. The van der Waals surface area contributed by atoms with E-state index in [1.165, 1.54) is 0 Å². The average Bonchev–Trinajstić information content (AvgIpc) is 2.05. The number of sulfone groups is 1. The van der Waals surface area contributed by atoms with Crippen LogP contribution in [-0.2, 0) is 9.84 Å². The molecule has 0 rings (SSSR count). The summed E-state index contributed by atoms with van der Waals surface area (Å²) in [6.45, 7) is 5.13. The van der Waals surface area contributed by atoms with Crippen LogP contribution < -0.4 is 0 Å². The van der Waals surface area contributed by atoms with E-state index in [-0.39, 0.29) is 11.5 Å². The van der Waals surface area contributed by atoms with Crippen molar-refractivity contribution in [3.05, 3.63) is 12.7 Å². The summed E-state index contributed by atoms with van der Waals surface area (Å²) in [6, 6.07) is 0. The largest absolute Gasteiger partial charge is 0.393 e. The molecular weight excluding hydrogens is 188 g/mol. The minimum atomic E-state index is -2.87. The van der Waals surface area contributed by atoms with Crippen molar-refractivity contribution >= 4 is 9.84 Å². The van der Waals surface area contributed by atoms with Gasteiger partial charge in [-0.2, -0.15) is 0 Å². The van der Waals surface area contributed by atoms with E-state index in [1.54, 1.807) is 13.0 Å². The van der Waals surface area contributed by atoms with E-state index < -0.39 is 15.9 Å². The lowest BCUT2D eigenvalue weighted by Gasteiger charge is -2.06. The van der Waals surface area contributed by atoms with Crippen molar-refractivity contribution in [1.82, 2.24) is 0 Å². The first-order chi connectivity index (χ1) is 6.02. The molecule has 0 aromatic carbocycles. The first-order valence-corrected chi connectivity index (χ1v) is 6.33. The predicted molar refractivity (Wildman–Crippen MR) is 54.4 cm³/mol. The number of aliphatic hydroxyl groups is 1. The Kier molecular flexibility index (Phi) is 5.99. The summed E-state index contributed by atoms with van der Waals surface area (Å²) in [4.78, 5) is 0. The van der Waals surface area contributed by atoms with Crippen LogP contribution in [-0.4, -0.2) is 31.1 Å². The van der Waals surface area contributed by atoms with E-state index in [0.29, 0.717) is 19.3 Å². The van der Waals surface area contributed by atoms with Gasteiger partial charge in [-0.15, -0.1) is 6.58 Å². The molecule has 0 spiro atoms. The van der Waals surface area contributed by atoms with Crippen LogP contribution in [0.3, 0.4) is 0 Å². The lowest BCUT2D eigenvalue weighted by molar-refractivity contribution is 0.167. The second kappa shape index (κ2) is 6.16. The van der Waals surface area contributed by atoms with Crippen molar-refractivity contribution in [2.45, 2.75) is 32.3 Å². The van der Waals surface area contributed by atoms with E-state index in [0.717, 1.165) is 0 Å². The van der Waals surface area contributed by atoms with Crippen LogP contribution in [0.2, 0.25) is 0 Å². The Morgan fingerprint density at radius 3 is 2.62 bits per heavy atom.